The van der Waals surface area contributed by atoms with Gasteiger partial charge in [-0.05, 0) is 35.9 Å². The first-order valence-electron chi connectivity index (χ1n) is 8.41. The van der Waals surface area contributed by atoms with Crippen LogP contribution in [-0.4, -0.2) is 22.8 Å². The zero-order valence-electron chi connectivity index (χ0n) is 15.0. The van der Waals surface area contributed by atoms with Crippen LogP contribution < -0.4 is 4.74 Å². The molecule has 0 fully saturated rings. The lowest BCUT2D eigenvalue weighted by Gasteiger charge is -2.18. The van der Waals surface area contributed by atoms with Gasteiger partial charge in [0.2, 0.25) is 5.91 Å². The van der Waals surface area contributed by atoms with Gasteiger partial charge in [0.1, 0.15) is 17.4 Å². The van der Waals surface area contributed by atoms with E-state index in [0.29, 0.717) is 33.9 Å². The van der Waals surface area contributed by atoms with Crippen molar-refractivity contribution in [2.45, 2.75) is 19.6 Å². The number of hydrogen-bond donors (Lipinski definition) is 0. The summed E-state index contributed by atoms with van der Waals surface area (Å²) in [5.41, 5.74) is 1.52. The zero-order valence-corrected chi connectivity index (χ0v) is 18.1. The van der Waals surface area contributed by atoms with E-state index < -0.39 is 0 Å². The number of carbonyl (C=O) groups excluding carboxylic acids is 1. The molecule has 0 aliphatic heterocycles. The van der Waals surface area contributed by atoms with E-state index in [-0.39, 0.29) is 12.3 Å². The number of ether oxygens (including phenoxy) is 1. The summed E-state index contributed by atoms with van der Waals surface area (Å²) in [5, 5.41) is 4.28. The van der Waals surface area contributed by atoms with E-state index in [2.05, 4.69) is 4.98 Å². The molecule has 0 saturated heterocycles. The number of nitrogens with zero attached hydrogens (tertiary/aromatic N) is 2. The Morgan fingerprint density at radius 2 is 1.89 bits per heavy atom. The van der Waals surface area contributed by atoms with Gasteiger partial charge < -0.3 is 9.64 Å². The van der Waals surface area contributed by atoms with Crippen molar-refractivity contribution in [2.24, 2.45) is 0 Å². The van der Waals surface area contributed by atoms with Gasteiger partial charge in [-0.1, -0.05) is 46.9 Å². The summed E-state index contributed by atoms with van der Waals surface area (Å²) >= 11 is 19.5. The smallest absolute Gasteiger partial charge is 0.228 e. The Bertz CT molecular complexity index is 960. The van der Waals surface area contributed by atoms with E-state index in [1.54, 1.807) is 42.3 Å². The summed E-state index contributed by atoms with van der Waals surface area (Å²) in [4.78, 5) is 18.6. The minimum atomic E-state index is -0.0495. The molecule has 3 rings (SSSR count). The van der Waals surface area contributed by atoms with Crippen LogP contribution in [0.25, 0.3) is 0 Å². The van der Waals surface area contributed by atoms with Crippen LogP contribution >= 0.6 is 46.1 Å². The fourth-order valence-electron chi connectivity index (χ4n) is 2.48. The summed E-state index contributed by atoms with van der Waals surface area (Å²) < 4.78 is 5.68. The molecule has 0 N–H and O–H groups in total. The molecule has 1 aromatic heterocycles. The number of likely N-dealkylation sites (N-methyl/N-ethyl adjacent to an activating group) is 1. The second-order valence-corrected chi connectivity index (χ2v) is 8.28. The summed E-state index contributed by atoms with van der Waals surface area (Å²) in [6.07, 6.45) is 0.214. The molecular weight excluding hydrogens is 439 g/mol. The fraction of sp³-hybridized carbons (Fsp3) is 0.200. The average molecular weight is 456 g/mol. The van der Waals surface area contributed by atoms with Gasteiger partial charge in [0.15, 0.2) is 0 Å². The van der Waals surface area contributed by atoms with Crippen LogP contribution in [0.1, 0.15) is 16.3 Å². The second kappa shape index (κ2) is 9.61. The third-order valence-electron chi connectivity index (χ3n) is 3.97. The summed E-state index contributed by atoms with van der Waals surface area (Å²) in [6, 6.07) is 12.5. The van der Waals surface area contributed by atoms with E-state index in [1.807, 2.05) is 17.5 Å². The first kappa shape index (κ1) is 20.9. The Hall–Kier alpha value is -1.79. The predicted octanol–water partition coefficient (Wildman–Crippen LogP) is 5.88. The highest BCUT2D eigenvalue weighted by Gasteiger charge is 2.15. The minimum Gasteiger partial charge on any atom is -0.486 e. The predicted molar refractivity (Wildman–Crippen MR) is 115 cm³/mol. The number of benzene rings is 2. The molecule has 0 aliphatic rings. The summed E-state index contributed by atoms with van der Waals surface area (Å²) in [5.74, 6) is 0.668. The Morgan fingerprint density at radius 3 is 2.64 bits per heavy atom. The number of amides is 1. The van der Waals surface area contributed by atoms with E-state index in [9.17, 15) is 4.79 Å². The monoisotopic (exact) mass is 454 g/mol. The number of rotatable bonds is 7. The first-order chi connectivity index (χ1) is 13.4. The van der Waals surface area contributed by atoms with Crippen LogP contribution in [0.2, 0.25) is 15.1 Å². The fourth-order valence-corrected chi connectivity index (χ4v) is 3.69. The Balaban J connectivity index is 1.54. The molecule has 0 saturated carbocycles. The topological polar surface area (TPSA) is 42.4 Å². The molecule has 1 heterocycles. The lowest BCUT2D eigenvalue weighted by Crippen LogP contribution is -2.28. The van der Waals surface area contributed by atoms with Crippen LogP contribution in [0.3, 0.4) is 0 Å². The third-order valence-corrected chi connectivity index (χ3v) is 5.95. The van der Waals surface area contributed by atoms with Crippen molar-refractivity contribution in [2.75, 3.05) is 7.05 Å². The maximum atomic E-state index is 12.5. The van der Waals surface area contributed by atoms with Crippen LogP contribution in [0.4, 0.5) is 0 Å². The Kier molecular flexibility index (Phi) is 7.18. The molecule has 2 aromatic carbocycles. The molecule has 3 aromatic rings. The third kappa shape index (κ3) is 5.61. The first-order valence-corrected chi connectivity index (χ1v) is 10.4. The lowest BCUT2D eigenvalue weighted by atomic mass is 10.2. The normalized spacial score (nSPS) is 10.7. The molecule has 0 aliphatic carbocycles. The quantitative estimate of drug-likeness (QED) is 0.446. The number of thiazole rings is 1. The van der Waals surface area contributed by atoms with E-state index in [4.69, 9.17) is 39.5 Å². The van der Waals surface area contributed by atoms with Crippen molar-refractivity contribution in [3.05, 3.63) is 79.2 Å². The van der Waals surface area contributed by atoms with Gasteiger partial charge in [0.25, 0.3) is 0 Å². The maximum Gasteiger partial charge on any atom is 0.228 e. The van der Waals surface area contributed by atoms with Crippen LogP contribution in [-0.2, 0) is 24.4 Å². The van der Waals surface area contributed by atoms with Gasteiger partial charge in [0, 0.05) is 24.0 Å². The van der Waals surface area contributed by atoms with Crippen LogP contribution in [0.5, 0.6) is 5.75 Å². The van der Waals surface area contributed by atoms with Crippen LogP contribution in [0.15, 0.2) is 47.8 Å². The van der Waals surface area contributed by atoms with Gasteiger partial charge in [0.05, 0.1) is 22.2 Å². The van der Waals surface area contributed by atoms with Crippen molar-refractivity contribution < 1.29 is 9.53 Å². The largest absolute Gasteiger partial charge is 0.486 e. The molecule has 0 atom stereocenters. The summed E-state index contributed by atoms with van der Waals surface area (Å²) in [7, 11) is 1.73. The molecule has 0 spiro atoms. The highest BCUT2D eigenvalue weighted by atomic mass is 35.5. The van der Waals surface area contributed by atoms with E-state index in [0.717, 1.165) is 16.3 Å². The number of halogens is 3. The Morgan fingerprint density at radius 1 is 1.14 bits per heavy atom. The maximum absolute atomic E-state index is 12.5. The molecule has 0 radical (unpaired) electrons. The minimum absolute atomic E-state index is 0.0495. The number of aromatic nitrogens is 1. The van der Waals surface area contributed by atoms with Crippen molar-refractivity contribution in [1.29, 1.82) is 0 Å². The van der Waals surface area contributed by atoms with E-state index >= 15 is 0 Å². The van der Waals surface area contributed by atoms with Crippen molar-refractivity contribution in [1.82, 2.24) is 9.88 Å². The molecule has 146 valence electrons. The van der Waals surface area contributed by atoms with Crippen LogP contribution in [0, 0.1) is 0 Å². The molecule has 4 nitrogen and oxygen atoms in total. The van der Waals surface area contributed by atoms with E-state index in [1.165, 1.54) is 11.3 Å². The van der Waals surface area contributed by atoms with Gasteiger partial charge in [-0.3, -0.25) is 4.79 Å². The van der Waals surface area contributed by atoms with Gasteiger partial charge in [-0.2, -0.15) is 0 Å². The molecular formula is C20H17Cl3N2O2S. The second-order valence-electron chi connectivity index (χ2n) is 6.11. The van der Waals surface area contributed by atoms with Gasteiger partial charge in [-0.25, -0.2) is 4.98 Å². The van der Waals surface area contributed by atoms with Gasteiger partial charge in [-0.15, -0.1) is 11.3 Å². The summed E-state index contributed by atoms with van der Waals surface area (Å²) in [6.45, 7) is 0.726. The molecule has 1 amide bonds. The van der Waals surface area contributed by atoms with Crippen molar-refractivity contribution in [3.63, 3.8) is 0 Å². The van der Waals surface area contributed by atoms with Crippen molar-refractivity contribution in [3.8, 4) is 5.75 Å². The highest BCUT2D eigenvalue weighted by molar-refractivity contribution is 7.09. The Labute approximate surface area is 182 Å². The lowest BCUT2D eigenvalue weighted by molar-refractivity contribution is -0.129. The highest BCUT2D eigenvalue weighted by Crippen LogP contribution is 2.26. The zero-order chi connectivity index (χ0) is 20.1. The molecule has 28 heavy (non-hydrogen) atoms. The number of carbonyl (C=O) groups is 1. The van der Waals surface area contributed by atoms with Gasteiger partial charge >= 0.3 is 0 Å². The van der Waals surface area contributed by atoms with Crippen molar-refractivity contribution >= 4 is 52.0 Å². The molecule has 0 bridgehead atoms. The average Bonchev–Trinajstić information content (AvgIpc) is 3.12. The standard InChI is InChI=1S/C20H17Cl3N2O2S/c1-25(10-13-3-2-4-17(22)20(13)23)19(26)9-15-12-28-18(24-15)11-27-16-7-5-14(21)6-8-16/h2-8,12H,9-11H2,1H3. The SMILES string of the molecule is CN(Cc1cccc(Cl)c1Cl)C(=O)Cc1csc(COc2ccc(Cl)cc2)n1. The molecule has 8 heteroatoms. The number of hydrogen-bond acceptors (Lipinski definition) is 4. The molecule has 0 unspecified atom stereocenters.